The van der Waals surface area contributed by atoms with Crippen LogP contribution in [0.4, 0.5) is 8.78 Å². The molecule has 0 aliphatic carbocycles. The molecule has 1 heterocycles. The molecule has 0 bridgehead atoms. The first-order valence-corrected chi connectivity index (χ1v) is 9.88. The van der Waals surface area contributed by atoms with E-state index in [9.17, 15) is 8.78 Å². The number of ether oxygens (including phenoxy) is 2. The highest BCUT2D eigenvalue weighted by molar-refractivity contribution is 14.0. The van der Waals surface area contributed by atoms with Crippen LogP contribution in [0, 0.1) is 6.92 Å². The lowest BCUT2D eigenvalue weighted by Crippen LogP contribution is -2.38. The summed E-state index contributed by atoms with van der Waals surface area (Å²) in [6, 6.07) is 5.03. The predicted molar refractivity (Wildman–Crippen MR) is 123 cm³/mol. The van der Waals surface area contributed by atoms with E-state index >= 15 is 0 Å². The number of guanidine groups is 1. The Hall–Kier alpha value is -1.69. The van der Waals surface area contributed by atoms with Gasteiger partial charge in [-0.1, -0.05) is 6.07 Å². The zero-order valence-electron chi connectivity index (χ0n) is 16.7. The fourth-order valence-corrected chi connectivity index (χ4v) is 3.29. The average molecular weight is 540 g/mol. The van der Waals surface area contributed by atoms with Crippen molar-refractivity contribution in [2.45, 2.75) is 33.3 Å². The molecule has 0 atom stereocenters. The second-order valence-electron chi connectivity index (χ2n) is 5.92. The van der Waals surface area contributed by atoms with Crippen LogP contribution >= 0.6 is 35.3 Å². The Morgan fingerprint density at radius 1 is 1.24 bits per heavy atom. The van der Waals surface area contributed by atoms with Crippen LogP contribution in [0.25, 0.3) is 0 Å². The van der Waals surface area contributed by atoms with Crippen molar-refractivity contribution >= 4 is 41.3 Å². The third kappa shape index (κ3) is 9.11. The Morgan fingerprint density at radius 3 is 2.66 bits per heavy atom. The molecular weight excluding hydrogens is 513 g/mol. The minimum atomic E-state index is -2.89. The first-order valence-electron chi connectivity index (χ1n) is 9.07. The quantitative estimate of drug-likeness (QED) is 0.271. The smallest absolute Gasteiger partial charge is 0.387 e. The molecule has 6 nitrogen and oxygen atoms in total. The molecule has 29 heavy (non-hydrogen) atoms. The van der Waals surface area contributed by atoms with Gasteiger partial charge in [-0.05, 0) is 38.0 Å². The maximum Gasteiger partial charge on any atom is 0.387 e. The van der Waals surface area contributed by atoms with Crippen molar-refractivity contribution in [1.82, 2.24) is 15.6 Å². The van der Waals surface area contributed by atoms with Crippen molar-refractivity contribution in [3.63, 3.8) is 0 Å². The van der Waals surface area contributed by atoms with E-state index in [4.69, 9.17) is 4.74 Å². The van der Waals surface area contributed by atoms with Gasteiger partial charge >= 0.3 is 6.61 Å². The Kier molecular flexibility index (Phi) is 11.8. The molecule has 1 aromatic heterocycles. The van der Waals surface area contributed by atoms with Crippen molar-refractivity contribution in [3.8, 4) is 11.5 Å². The SMILES string of the molecule is CCNC(=NCCc1ncc(C)s1)NCCc1ccc(OC)c(OC(F)F)c1.I. The van der Waals surface area contributed by atoms with E-state index in [1.54, 1.807) is 23.5 Å². The van der Waals surface area contributed by atoms with Crippen LogP contribution in [0.2, 0.25) is 0 Å². The second kappa shape index (κ2) is 13.5. The Labute approximate surface area is 191 Å². The largest absolute Gasteiger partial charge is 0.493 e. The van der Waals surface area contributed by atoms with Gasteiger partial charge in [-0.3, -0.25) is 4.99 Å². The number of methoxy groups -OCH3 is 1. The highest BCUT2D eigenvalue weighted by atomic mass is 127. The number of nitrogens with one attached hydrogen (secondary N) is 2. The number of aromatic nitrogens is 1. The summed E-state index contributed by atoms with van der Waals surface area (Å²) in [6.07, 6.45) is 3.29. The van der Waals surface area contributed by atoms with E-state index in [-0.39, 0.29) is 35.5 Å². The van der Waals surface area contributed by atoms with Crippen LogP contribution in [0.15, 0.2) is 29.4 Å². The maximum absolute atomic E-state index is 12.5. The van der Waals surface area contributed by atoms with Crippen LogP contribution < -0.4 is 20.1 Å². The fourth-order valence-electron chi connectivity index (χ4n) is 2.51. The number of hydrogen-bond donors (Lipinski definition) is 2. The molecule has 2 N–H and O–H groups in total. The van der Waals surface area contributed by atoms with Crippen molar-refractivity contribution in [1.29, 1.82) is 0 Å². The van der Waals surface area contributed by atoms with E-state index < -0.39 is 6.61 Å². The number of thiazole rings is 1. The molecule has 0 amide bonds. The molecule has 0 aliphatic heterocycles. The lowest BCUT2D eigenvalue weighted by molar-refractivity contribution is -0.0512. The molecule has 0 aliphatic rings. The Balaban J connectivity index is 0.00000420. The van der Waals surface area contributed by atoms with Crippen LogP contribution in [-0.4, -0.2) is 44.3 Å². The normalized spacial score (nSPS) is 11.2. The van der Waals surface area contributed by atoms with Gasteiger partial charge in [0.25, 0.3) is 0 Å². The lowest BCUT2D eigenvalue weighted by Gasteiger charge is -2.13. The van der Waals surface area contributed by atoms with Crippen molar-refractivity contribution in [2.75, 3.05) is 26.7 Å². The average Bonchev–Trinajstić information content (AvgIpc) is 3.06. The molecule has 2 aromatic rings. The summed E-state index contributed by atoms with van der Waals surface area (Å²) in [7, 11) is 1.42. The molecule has 0 saturated heterocycles. The molecule has 0 spiro atoms. The molecule has 0 saturated carbocycles. The highest BCUT2D eigenvalue weighted by Crippen LogP contribution is 2.29. The zero-order valence-corrected chi connectivity index (χ0v) is 19.9. The topological polar surface area (TPSA) is 67.8 Å². The molecular formula is C19H27F2IN4O2S. The van der Waals surface area contributed by atoms with E-state index in [2.05, 4.69) is 25.3 Å². The van der Waals surface area contributed by atoms with Gasteiger partial charge in [0.05, 0.1) is 12.1 Å². The summed E-state index contributed by atoms with van der Waals surface area (Å²) in [4.78, 5) is 10.1. The molecule has 0 fully saturated rings. The summed E-state index contributed by atoms with van der Waals surface area (Å²) >= 11 is 1.68. The predicted octanol–water partition coefficient (Wildman–Crippen LogP) is 4.02. The van der Waals surface area contributed by atoms with Gasteiger partial charge in [-0.15, -0.1) is 35.3 Å². The number of alkyl halides is 2. The number of benzene rings is 1. The van der Waals surface area contributed by atoms with Gasteiger partial charge in [-0.2, -0.15) is 8.78 Å². The minimum Gasteiger partial charge on any atom is -0.493 e. The second-order valence-corrected chi connectivity index (χ2v) is 7.24. The van der Waals surface area contributed by atoms with Gasteiger partial charge in [0, 0.05) is 37.1 Å². The third-order valence-electron chi connectivity index (χ3n) is 3.76. The van der Waals surface area contributed by atoms with E-state index in [0.717, 1.165) is 23.5 Å². The summed E-state index contributed by atoms with van der Waals surface area (Å²) in [5.41, 5.74) is 0.859. The van der Waals surface area contributed by atoms with Crippen LogP contribution in [0.5, 0.6) is 11.5 Å². The summed E-state index contributed by atoms with van der Waals surface area (Å²) in [5, 5.41) is 7.52. The third-order valence-corrected chi connectivity index (χ3v) is 4.73. The van der Waals surface area contributed by atoms with E-state index in [0.29, 0.717) is 25.5 Å². The summed E-state index contributed by atoms with van der Waals surface area (Å²) in [5.74, 6) is 1.03. The van der Waals surface area contributed by atoms with Gasteiger partial charge in [0.1, 0.15) is 0 Å². The van der Waals surface area contributed by atoms with E-state index in [1.807, 2.05) is 26.1 Å². The molecule has 0 unspecified atom stereocenters. The molecule has 10 heteroatoms. The van der Waals surface area contributed by atoms with Crippen LogP contribution in [0.1, 0.15) is 22.4 Å². The Morgan fingerprint density at radius 2 is 2.03 bits per heavy atom. The maximum atomic E-state index is 12.5. The molecule has 1 aromatic carbocycles. The number of halogens is 3. The monoisotopic (exact) mass is 540 g/mol. The molecule has 2 rings (SSSR count). The van der Waals surface area contributed by atoms with Crippen LogP contribution in [0.3, 0.4) is 0 Å². The number of aryl methyl sites for hydroxylation is 1. The van der Waals surface area contributed by atoms with Crippen LogP contribution in [-0.2, 0) is 12.8 Å². The van der Waals surface area contributed by atoms with Crippen molar-refractivity contribution in [3.05, 3.63) is 39.8 Å². The first kappa shape index (κ1) is 25.3. The van der Waals surface area contributed by atoms with Gasteiger partial charge in [0.2, 0.25) is 0 Å². The first-order chi connectivity index (χ1) is 13.5. The fraction of sp³-hybridized carbons (Fsp3) is 0.474. The number of rotatable bonds is 10. The van der Waals surface area contributed by atoms with Gasteiger partial charge in [-0.25, -0.2) is 4.98 Å². The summed E-state index contributed by atoms with van der Waals surface area (Å²) in [6.45, 7) is 3.12. The van der Waals surface area contributed by atoms with Crippen molar-refractivity contribution < 1.29 is 18.3 Å². The standard InChI is InChI=1S/C19H26F2N4O2S.HI/c1-4-22-19(24-10-8-17-25-12-13(2)28-17)23-9-7-14-5-6-15(26-3)16(11-14)27-18(20)21;/h5-6,11-12,18H,4,7-10H2,1-3H3,(H2,22,23,24);1H. The Bertz CT molecular complexity index is 774. The lowest BCUT2D eigenvalue weighted by atomic mass is 10.1. The zero-order chi connectivity index (χ0) is 20.4. The molecule has 162 valence electrons. The number of hydrogen-bond acceptors (Lipinski definition) is 5. The van der Waals surface area contributed by atoms with Crippen molar-refractivity contribution in [2.24, 2.45) is 4.99 Å². The van der Waals surface area contributed by atoms with E-state index in [1.165, 1.54) is 12.0 Å². The summed E-state index contributed by atoms with van der Waals surface area (Å²) < 4.78 is 34.6. The van der Waals surface area contributed by atoms with Gasteiger partial charge in [0.15, 0.2) is 17.5 Å². The van der Waals surface area contributed by atoms with Gasteiger partial charge < -0.3 is 20.1 Å². The highest BCUT2D eigenvalue weighted by Gasteiger charge is 2.11. The molecule has 0 radical (unpaired) electrons. The number of nitrogens with zero attached hydrogens (tertiary/aromatic N) is 2. The minimum absolute atomic E-state index is 0. The number of aliphatic imine (C=N–C) groups is 1.